The number of aryl methyl sites for hydroxylation is 2. The van der Waals surface area contributed by atoms with Crippen LogP contribution in [0.25, 0.3) is 0 Å². The maximum atomic E-state index is 12.6. The van der Waals surface area contributed by atoms with Gasteiger partial charge in [-0.15, -0.1) is 11.6 Å². The van der Waals surface area contributed by atoms with Gasteiger partial charge in [-0.1, -0.05) is 36.7 Å². The number of anilines is 1. The van der Waals surface area contributed by atoms with Crippen LogP contribution in [0.4, 0.5) is 24.5 Å². The predicted octanol–water partition coefficient (Wildman–Crippen LogP) is 6.54. The molecule has 4 N–H and O–H groups in total. The van der Waals surface area contributed by atoms with Crippen molar-refractivity contribution in [2.24, 2.45) is 0 Å². The van der Waals surface area contributed by atoms with E-state index in [1.807, 2.05) is 37.4 Å². The lowest BCUT2D eigenvalue weighted by atomic mass is 10.0. The van der Waals surface area contributed by atoms with Crippen LogP contribution >= 0.6 is 30.8 Å². The molecule has 0 heterocycles. The van der Waals surface area contributed by atoms with E-state index in [-0.39, 0.29) is 35.0 Å². The molecular formula is C34H43Cl2F3N3O12PS. The molecule has 0 radical (unpaired) electrons. The number of nitrogens with zero attached hydrogens (tertiary/aromatic N) is 2. The molecule has 1 amide bonds. The number of ether oxygens (including phenoxy) is 2. The Kier molecular flexibility index (Phi) is 23.6. The van der Waals surface area contributed by atoms with E-state index in [1.54, 1.807) is 4.90 Å². The summed E-state index contributed by atoms with van der Waals surface area (Å²) >= 11 is 11.4. The van der Waals surface area contributed by atoms with Crippen molar-refractivity contribution >= 4 is 70.9 Å². The van der Waals surface area contributed by atoms with Crippen LogP contribution < -0.4 is 19.8 Å². The van der Waals surface area contributed by atoms with Crippen LogP contribution in [0.15, 0.2) is 54.6 Å². The Bertz CT molecular complexity index is 1810. The highest BCUT2D eigenvalue weighted by Gasteiger charge is 2.31. The number of carbonyl (C=O) groups is 3. The standard InChI is InChI=1S/C14H7ClF3NO5.C14H20ClNO2.C3H8NO5P.C3H9S/c15-10-5-7(14(16,17)18)1-4-12(10)24-8-2-3-11(19(22)23)9(6-8)13(20)21;1-4-12-8-6-7-11(3)14(12)16(10-18-5-2)13(17)9-15;5-3(6)1-4-2-10(7,8)9;1-4(2)3/h1-6H,(H,20,21);6-8H,4-5,9-10H2,1-3H3;4H,1-2H2,(H,5,6)(H2,7,8,9);1-3H3/q;;;+1/p-1. The molecule has 0 aliphatic carbocycles. The van der Waals surface area contributed by atoms with E-state index < -0.39 is 60.3 Å². The van der Waals surface area contributed by atoms with Gasteiger partial charge < -0.3 is 34.0 Å². The zero-order valence-corrected chi connectivity index (χ0v) is 34.3. The van der Waals surface area contributed by atoms with Crippen molar-refractivity contribution in [1.82, 2.24) is 5.32 Å². The average molecular weight is 877 g/mol. The number of alkyl halides is 4. The molecule has 0 spiro atoms. The largest absolute Gasteiger partial charge is 0.778 e. The number of nitro groups is 1. The zero-order valence-electron chi connectivity index (χ0n) is 31.1. The number of rotatable bonds is 14. The summed E-state index contributed by atoms with van der Waals surface area (Å²) in [5.41, 5.74) is 0.878. The average Bonchev–Trinajstić information content (AvgIpc) is 3.08. The second-order valence-corrected chi connectivity index (χ2v) is 16.1. The molecule has 1 unspecified atom stereocenters. The van der Waals surface area contributed by atoms with Gasteiger partial charge in [0.2, 0.25) is 5.91 Å². The predicted molar refractivity (Wildman–Crippen MR) is 207 cm³/mol. The molecular weight excluding hydrogens is 833 g/mol. The molecule has 312 valence electrons. The maximum Gasteiger partial charge on any atom is 0.416 e. The van der Waals surface area contributed by atoms with Crippen molar-refractivity contribution in [1.29, 1.82) is 0 Å². The number of carbonyl (C=O) groups excluding carboxylic acids is 1. The molecule has 3 rings (SSSR count). The van der Waals surface area contributed by atoms with E-state index in [0.717, 1.165) is 53.6 Å². The van der Waals surface area contributed by atoms with E-state index in [9.17, 15) is 47.1 Å². The van der Waals surface area contributed by atoms with Gasteiger partial charge in [0.25, 0.3) is 5.69 Å². The molecule has 22 heteroatoms. The van der Waals surface area contributed by atoms with E-state index in [0.29, 0.717) is 23.6 Å². The van der Waals surface area contributed by atoms with Crippen molar-refractivity contribution in [3.63, 3.8) is 0 Å². The number of para-hydroxylation sites is 1. The van der Waals surface area contributed by atoms with Crippen LogP contribution in [0.2, 0.25) is 5.02 Å². The summed E-state index contributed by atoms with van der Waals surface area (Å²) < 4.78 is 58.2. The van der Waals surface area contributed by atoms with E-state index >= 15 is 0 Å². The summed E-state index contributed by atoms with van der Waals surface area (Å²) in [6.45, 7) is 6.31. The van der Waals surface area contributed by atoms with Gasteiger partial charge in [-0.05, 0) is 66.6 Å². The second-order valence-electron chi connectivity index (χ2n) is 11.3. The monoisotopic (exact) mass is 875 g/mol. The van der Waals surface area contributed by atoms with Gasteiger partial charge in [0, 0.05) is 18.7 Å². The van der Waals surface area contributed by atoms with E-state index in [1.165, 1.54) is 0 Å². The van der Waals surface area contributed by atoms with E-state index in [4.69, 9.17) is 47.8 Å². The van der Waals surface area contributed by atoms with Crippen molar-refractivity contribution in [3.8, 4) is 11.5 Å². The van der Waals surface area contributed by atoms with Gasteiger partial charge in [0.1, 0.15) is 37.3 Å². The number of aromatic carboxylic acids is 1. The fourth-order valence-electron chi connectivity index (χ4n) is 4.01. The molecule has 3 aromatic carbocycles. The first-order valence-corrected chi connectivity index (χ1v) is 21.1. The number of carboxylic acid groups (broad SMARTS) is 2. The van der Waals surface area contributed by atoms with Crippen LogP contribution in [0.1, 0.15) is 40.9 Å². The van der Waals surface area contributed by atoms with Crippen molar-refractivity contribution < 1.29 is 66.5 Å². The van der Waals surface area contributed by atoms with Crippen molar-refractivity contribution in [2.45, 2.75) is 33.4 Å². The molecule has 0 saturated carbocycles. The normalized spacial score (nSPS) is 11.7. The van der Waals surface area contributed by atoms with Gasteiger partial charge in [0.05, 0.1) is 52.8 Å². The van der Waals surface area contributed by atoms with Crippen LogP contribution in [-0.2, 0) is 42.4 Å². The molecule has 0 aliphatic heterocycles. The molecule has 0 fully saturated rings. The minimum atomic E-state index is -4.58. The summed E-state index contributed by atoms with van der Waals surface area (Å²) in [4.78, 5) is 62.3. The second kappa shape index (κ2) is 25.3. The van der Waals surface area contributed by atoms with Crippen molar-refractivity contribution in [3.05, 3.63) is 92.0 Å². The number of amides is 1. The van der Waals surface area contributed by atoms with Gasteiger partial charge in [-0.25, -0.2) is 4.79 Å². The van der Waals surface area contributed by atoms with Gasteiger partial charge in [-0.2, -0.15) is 13.2 Å². The van der Waals surface area contributed by atoms with Crippen molar-refractivity contribution in [2.75, 3.05) is 55.7 Å². The molecule has 1 atom stereocenters. The fraction of sp³-hybridized carbons (Fsp3) is 0.382. The highest BCUT2D eigenvalue weighted by Crippen LogP contribution is 2.37. The Morgan fingerprint density at radius 2 is 1.66 bits per heavy atom. The molecule has 3 aromatic rings. The smallest absolute Gasteiger partial charge is 0.416 e. The lowest BCUT2D eigenvalue weighted by Gasteiger charge is -2.25. The number of halogens is 5. The number of nitro benzene ring substituents is 1. The Morgan fingerprint density at radius 3 is 2.11 bits per heavy atom. The highest BCUT2D eigenvalue weighted by molar-refractivity contribution is 7.94. The minimum absolute atomic E-state index is 0.0371. The molecule has 0 aromatic heterocycles. The van der Waals surface area contributed by atoms with Crippen LogP contribution in [-0.4, -0.2) is 88.7 Å². The first kappa shape index (κ1) is 52.1. The number of hydrogen-bond donors (Lipinski definition) is 4. The van der Waals surface area contributed by atoms with Crippen LogP contribution in [0.3, 0.4) is 0 Å². The Morgan fingerprint density at radius 1 is 1.05 bits per heavy atom. The number of hydrogen-bond acceptors (Lipinski definition) is 10. The first-order chi connectivity index (χ1) is 25.9. The Balaban J connectivity index is 0.000000830. The summed E-state index contributed by atoms with van der Waals surface area (Å²) in [7, 11) is -3.71. The minimum Gasteiger partial charge on any atom is -0.778 e. The van der Waals surface area contributed by atoms with Gasteiger partial charge in [0.15, 0.2) is 0 Å². The Hall–Kier alpha value is -3.94. The molecule has 56 heavy (non-hydrogen) atoms. The van der Waals surface area contributed by atoms with Gasteiger partial charge in [-0.3, -0.25) is 29.9 Å². The topological polar surface area (TPSA) is 229 Å². The first-order valence-electron chi connectivity index (χ1n) is 15.9. The molecule has 0 aliphatic rings. The maximum absolute atomic E-state index is 12.6. The number of carboxylic acids is 2. The number of benzene rings is 3. The third-order valence-corrected chi connectivity index (χ3v) is 7.43. The Labute approximate surface area is 334 Å². The van der Waals surface area contributed by atoms with Gasteiger partial charge >= 0.3 is 18.1 Å². The third kappa shape index (κ3) is 20.3. The molecule has 0 bridgehead atoms. The fourth-order valence-corrected chi connectivity index (χ4v) is 4.77. The molecule has 0 saturated heterocycles. The lowest BCUT2D eigenvalue weighted by Crippen LogP contribution is -2.35. The SMILES string of the molecule is CCOCN(C(=O)CCl)c1c(C)cccc1CC.C[S+](C)C.O=C(O)CNCP(=O)([O-])O.O=C(O)c1cc(Oc2ccc(C(F)(F)F)cc2Cl)ccc1[N+](=O)[O-]. The van der Waals surface area contributed by atoms with Crippen LogP contribution in [0, 0.1) is 17.0 Å². The summed E-state index contributed by atoms with van der Waals surface area (Å²) in [6, 6.07) is 11.3. The molecule has 15 nitrogen and oxygen atoms in total. The highest BCUT2D eigenvalue weighted by atomic mass is 35.5. The summed E-state index contributed by atoms with van der Waals surface area (Å²) in [6.07, 6.45) is 2.17. The zero-order chi connectivity index (χ0) is 43.4. The summed E-state index contributed by atoms with van der Waals surface area (Å²) in [5.74, 6) is -3.17. The quantitative estimate of drug-likeness (QED) is 0.0337. The lowest BCUT2D eigenvalue weighted by molar-refractivity contribution is -0.385. The number of nitrogens with one attached hydrogen (secondary N) is 1. The summed E-state index contributed by atoms with van der Waals surface area (Å²) in [5, 5.41) is 29.4. The third-order valence-electron chi connectivity index (χ3n) is 6.28. The van der Waals surface area contributed by atoms with Crippen LogP contribution in [0.5, 0.6) is 11.5 Å². The van der Waals surface area contributed by atoms with E-state index in [2.05, 4.69) is 25.7 Å². The number of aliphatic carboxylic acids is 1.